The van der Waals surface area contributed by atoms with Gasteiger partial charge in [0.15, 0.2) is 0 Å². The summed E-state index contributed by atoms with van der Waals surface area (Å²) in [6.45, 7) is 0.377. The molecule has 2 N–H and O–H groups in total. The summed E-state index contributed by atoms with van der Waals surface area (Å²) in [5, 5.41) is 26.4. The highest BCUT2D eigenvalue weighted by Gasteiger charge is 2.19. The molecule has 1 fully saturated rings. The van der Waals surface area contributed by atoms with Crippen LogP contribution in [0.3, 0.4) is 0 Å². The van der Waals surface area contributed by atoms with Gasteiger partial charge in [-0.15, -0.1) is 5.10 Å². The number of aliphatic hydroxyl groups excluding tert-OH is 2. The van der Waals surface area contributed by atoms with Gasteiger partial charge in [-0.2, -0.15) is 0 Å². The predicted octanol–water partition coefficient (Wildman–Crippen LogP) is 0.712. The smallest absolute Gasteiger partial charge is 0.108 e. The zero-order valence-electron chi connectivity index (χ0n) is 9.42. The van der Waals surface area contributed by atoms with Crippen LogP contribution in [0.15, 0.2) is 6.20 Å². The number of rotatable bonds is 5. The first-order chi connectivity index (χ1) is 7.78. The third kappa shape index (κ3) is 3.02. The number of nitrogens with zero attached hydrogens (tertiary/aromatic N) is 3. The Hall–Kier alpha value is -0.940. The molecule has 0 aliphatic heterocycles. The van der Waals surface area contributed by atoms with E-state index in [0.717, 1.165) is 6.42 Å². The van der Waals surface area contributed by atoms with Crippen LogP contribution in [0.2, 0.25) is 0 Å². The molecular weight excluding hydrogens is 206 g/mol. The van der Waals surface area contributed by atoms with Gasteiger partial charge in [0.2, 0.25) is 0 Å². The quantitative estimate of drug-likeness (QED) is 0.774. The minimum Gasteiger partial charge on any atom is -0.391 e. The van der Waals surface area contributed by atoms with Gasteiger partial charge < -0.3 is 10.2 Å². The SMILES string of the molecule is OCc1cn(CC(O)CC2CCCC2)nn1. The van der Waals surface area contributed by atoms with E-state index in [1.54, 1.807) is 10.9 Å². The monoisotopic (exact) mass is 225 g/mol. The van der Waals surface area contributed by atoms with E-state index in [0.29, 0.717) is 18.2 Å². The molecule has 1 saturated carbocycles. The van der Waals surface area contributed by atoms with E-state index in [-0.39, 0.29) is 12.7 Å². The van der Waals surface area contributed by atoms with Crippen molar-refractivity contribution >= 4 is 0 Å². The second kappa shape index (κ2) is 5.41. The van der Waals surface area contributed by atoms with Gasteiger partial charge in [0.05, 0.1) is 25.5 Å². The summed E-state index contributed by atoms with van der Waals surface area (Å²) in [5.41, 5.74) is 0.549. The highest BCUT2D eigenvalue weighted by molar-refractivity contribution is 4.89. The molecule has 1 unspecified atom stereocenters. The normalized spacial score (nSPS) is 19.1. The van der Waals surface area contributed by atoms with Crippen LogP contribution in [-0.2, 0) is 13.2 Å². The summed E-state index contributed by atoms with van der Waals surface area (Å²) in [6.07, 6.45) is 7.28. The number of aliphatic hydroxyl groups is 2. The fourth-order valence-corrected chi connectivity index (χ4v) is 2.42. The second-order valence-electron chi connectivity index (χ2n) is 4.63. The van der Waals surface area contributed by atoms with Crippen LogP contribution >= 0.6 is 0 Å². The number of aromatic nitrogens is 3. The molecule has 90 valence electrons. The van der Waals surface area contributed by atoms with Crippen LogP contribution < -0.4 is 0 Å². The molecule has 1 aromatic rings. The highest BCUT2D eigenvalue weighted by atomic mass is 16.3. The molecule has 2 rings (SSSR count). The van der Waals surface area contributed by atoms with Crippen LogP contribution in [0.4, 0.5) is 0 Å². The molecule has 1 aromatic heterocycles. The first-order valence-corrected chi connectivity index (χ1v) is 5.96. The van der Waals surface area contributed by atoms with Crippen LogP contribution in [0.25, 0.3) is 0 Å². The Labute approximate surface area is 95.1 Å². The zero-order valence-corrected chi connectivity index (χ0v) is 9.42. The molecule has 5 heteroatoms. The molecule has 1 heterocycles. The van der Waals surface area contributed by atoms with Crippen LogP contribution in [0.5, 0.6) is 0 Å². The van der Waals surface area contributed by atoms with E-state index < -0.39 is 0 Å². The van der Waals surface area contributed by atoms with Gasteiger partial charge in [-0.3, -0.25) is 0 Å². The van der Waals surface area contributed by atoms with Crippen molar-refractivity contribution in [3.63, 3.8) is 0 Å². The predicted molar refractivity (Wildman–Crippen MR) is 58.5 cm³/mol. The lowest BCUT2D eigenvalue weighted by atomic mass is 10.0. The maximum Gasteiger partial charge on any atom is 0.108 e. The number of hydrogen-bond donors (Lipinski definition) is 2. The Bertz CT molecular complexity index is 321. The summed E-state index contributed by atoms with van der Waals surface area (Å²) in [4.78, 5) is 0. The first-order valence-electron chi connectivity index (χ1n) is 5.96. The van der Waals surface area contributed by atoms with Crippen molar-refractivity contribution in [2.24, 2.45) is 5.92 Å². The lowest BCUT2D eigenvalue weighted by Gasteiger charge is -2.14. The lowest BCUT2D eigenvalue weighted by molar-refractivity contribution is 0.120. The second-order valence-corrected chi connectivity index (χ2v) is 4.63. The molecule has 0 bridgehead atoms. The van der Waals surface area contributed by atoms with Crippen LogP contribution in [0, 0.1) is 5.92 Å². The van der Waals surface area contributed by atoms with Crippen molar-refractivity contribution in [1.29, 1.82) is 0 Å². The first kappa shape index (κ1) is 11.5. The van der Waals surface area contributed by atoms with Gasteiger partial charge in [-0.25, -0.2) is 4.68 Å². The zero-order chi connectivity index (χ0) is 11.4. The molecular formula is C11H19N3O2. The topological polar surface area (TPSA) is 71.2 Å². The Morgan fingerprint density at radius 3 is 2.81 bits per heavy atom. The van der Waals surface area contributed by atoms with Gasteiger partial charge in [0, 0.05) is 0 Å². The fraction of sp³-hybridized carbons (Fsp3) is 0.818. The summed E-state index contributed by atoms with van der Waals surface area (Å²) in [6, 6.07) is 0. The van der Waals surface area contributed by atoms with Gasteiger partial charge in [-0.1, -0.05) is 30.9 Å². The van der Waals surface area contributed by atoms with E-state index in [2.05, 4.69) is 10.3 Å². The Morgan fingerprint density at radius 1 is 1.44 bits per heavy atom. The van der Waals surface area contributed by atoms with E-state index in [1.807, 2.05) is 0 Å². The van der Waals surface area contributed by atoms with Crippen molar-refractivity contribution in [1.82, 2.24) is 15.0 Å². The Morgan fingerprint density at radius 2 is 2.19 bits per heavy atom. The third-order valence-corrected chi connectivity index (χ3v) is 3.23. The maximum absolute atomic E-state index is 9.89. The average Bonchev–Trinajstić information content (AvgIpc) is 2.89. The molecule has 5 nitrogen and oxygen atoms in total. The molecule has 0 aromatic carbocycles. The highest BCUT2D eigenvalue weighted by Crippen LogP contribution is 2.28. The van der Waals surface area contributed by atoms with E-state index in [9.17, 15) is 5.11 Å². The summed E-state index contributed by atoms with van der Waals surface area (Å²) < 4.78 is 1.60. The molecule has 0 amide bonds. The summed E-state index contributed by atoms with van der Waals surface area (Å²) >= 11 is 0. The van der Waals surface area contributed by atoms with Gasteiger partial charge in [0.1, 0.15) is 5.69 Å². The van der Waals surface area contributed by atoms with Gasteiger partial charge in [-0.05, 0) is 12.3 Å². The van der Waals surface area contributed by atoms with Gasteiger partial charge in [0.25, 0.3) is 0 Å². The summed E-state index contributed by atoms with van der Waals surface area (Å²) in [7, 11) is 0. The molecule has 1 aliphatic carbocycles. The molecule has 0 saturated heterocycles. The van der Waals surface area contributed by atoms with Crippen molar-refractivity contribution in [2.75, 3.05) is 0 Å². The van der Waals surface area contributed by atoms with Gasteiger partial charge >= 0.3 is 0 Å². The minimum absolute atomic E-state index is 0.0985. The van der Waals surface area contributed by atoms with Crippen molar-refractivity contribution in [2.45, 2.75) is 51.4 Å². The average molecular weight is 225 g/mol. The fourth-order valence-electron chi connectivity index (χ4n) is 2.42. The molecule has 0 radical (unpaired) electrons. The van der Waals surface area contributed by atoms with Crippen molar-refractivity contribution in [3.05, 3.63) is 11.9 Å². The van der Waals surface area contributed by atoms with E-state index in [4.69, 9.17) is 5.11 Å². The molecule has 0 spiro atoms. The minimum atomic E-state index is -0.351. The third-order valence-electron chi connectivity index (χ3n) is 3.23. The van der Waals surface area contributed by atoms with Crippen molar-refractivity contribution in [3.8, 4) is 0 Å². The van der Waals surface area contributed by atoms with E-state index in [1.165, 1.54) is 25.7 Å². The van der Waals surface area contributed by atoms with Crippen LogP contribution in [-0.4, -0.2) is 31.3 Å². The van der Waals surface area contributed by atoms with E-state index >= 15 is 0 Å². The molecule has 16 heavy (non-hydrogen) atoms. The van der Waals surface area contributed by atoms with Crippen LogP contribution in [0.1, 0.15) is 37.8 Å². The standard InChI is InChI=1S/C11H19N3O2/c15-8-10-6-14(13-12-10)7-11(16)5-9-3-1-2-4-9/h6,9,11,15-16H,1-5,7-8H2. The number of hydrogen-bond acceptors (Lipinski definition) is 4. The Balaban J connectivity index is 1.79. The molecule has 1 atom stereocenters. The summed E-state index contributed by atoms with van der Waals surface area (Å²) in [5.74, 6) is 0.677. The largest absolute Gasteiger partial charge is 0.391 e. The molecule has 1 aliphatic rings. The van der Waals surface area contributed by atoms with Crippen molar-refractivity contribution < 1.29 is 10.2 Å². The maximum atomic E-state index is 9.89. The lowest BCUT2D eigenvalue weighted by Crippen LogP contribution is -2.19. The Kier molecular flexibility index (Phi) is 3.90.